The van der Waals surface area contributed by atoms with Crippen molar-refractivity contribution in [3.8, 4) is 0 Å². The van der Waals surface area contributed by atoms with E-state index in [1.165, 1.54) is 9.80 Å². The van der Waals surface area contributed by atoms with E-state index >= 15 is 0 Å². The fourth-order valence-corrected chi connectivity index (χ4v) is 4.64. The van der Waals surface area contributed by atoms with Gasteiger partial charge >= 0.3 is 6.03 Å². The number of hydrogen-bond donors (Lipinski definition) is 0. The summed E-state index contributed by atoms with van der Waals surface area (Å²) in [6.07, 6.45) is 5.86. The summed E-state index contributed by atoms with van der Waals surface area (Å²) >= 11 is 0. The Bertz CT molecular complexity index is 558. The summed E-state index contributed by atoms with van der Waals surface area (Å²) in [5, 5.41) is 0. The Kier molecular flexibility index (Phi) is 3.25. The molecule has 130 valence electrons. The number of carbonyl (C=O) groups is 3. The molecule has 0 radical (unpaired) electrons. The molecule has 2 saturated carbocycles. The van der Waals surface area contributed by atoms with Gasteiger partial charge in [-0.05, 0) is 38.5 Å². The Morgan fingerprint density at radius 3 is 1.62 bits per heavy atom. The van der Waals surface area contributed by atoms with Gasteiger partial charge in [-0.25, -0.2) is 4.79 Å². The number of epoxide rings is 2. The van der Waals surface area contributed by atoms with Crippen LogP contribution in [0.15, 0.2) is 0 Å². The van der Waals surface area contributed by atoms with Crippen LogP contribution in [0.25, 0.3) is 0 Å². The van der Waals surface area contributed by atoms with Crippen LogP contribution in [-0.2, 0) is 19.1 Å². The monoisotopic (exact) mass is 334 g/mol. The van der Waals surface area contributed by atoms with Gasteiger partial charge in [-0.15, -0.1) is 0 Å². The molecule has 5 rings (SSSR count). The number of hydrogen-bond acceptors (Lipinski definition) is 5. The van der Waals surface area contributed by atoms with Crippen molar-refractivity contribution < 1.29 is 23.9 Å². The molecule has 0 aromatic carbocycles. The van der Waals surface area contributed by atoms with Crippen molar-refractivity contribution >= 4 is 17.8 Å². The number of carbonyl (C=O) groups excluding carboxylic acids is 3. The summed E-state index contributed by atoms with van der Waals surface area (Å²) in [6, 6.07) is -0.428. The zero-order valence-corrected chi connectivity index (χ0v) is 13.6. The van der Waals surface area contributed by atoms with Gasteiger partial charge in [0, 0.05) is 24.9 Å². The zero-order chi connectivity index (χ0) is 16.4. The molecule has 0 unspecified atom stereocenters. The highest BCUT2D eigenvalue weighted by Crippen LogP contribution is 2.41. The largest absolute Gasteiger partial charge is 0.370 e. The van der Waals surface area contributed by atoms with E-state index in [0.29, 0.717) is 38.1 Å². The Morgan fingerprint density at radius 2 is 1.21 bits per heavy atom. The van der Waals surface area contributed by atoms with Crippen molar-refractivity contribution in [3.05, 3.63) is 0 Å². The molecule has 0 bridgehead atoms. The maximum atomic E-state index is 12.7. The first-order chi connectivity index (χ1) is 11.6. The minimum absolute atomic E-state index is 0.126. The van der Waals surface area contributed by atoms with Gasteiger partial charge in [-0.3, -0.25) is 19.4 Å². The molecule has 0 N–H and O–H groups in total. The second-order valence-corrected chi connectivity index (χ2v) is 7.71. The number of amides is 4. The lowest BCUT2D eigenvalue weighted by Crippen LogP contribution is -2.44. The standard InChI is InChI=1S/C17H22N2O5/c20-15(9-1-3-11-13(7-9)23-11)18-5-6-19(17(18)22)16(21)10-2-4-12-14(8-10)24-12/h9-14H,1-8H2/t9-,10-,11-,12+,13-,14-/m1/s1. The van der Waals surface area contributed by atoms with Gasteiger partial charge < -0.3 is 9.47 Å². The number of urea groups is 1. The number of ether oxygens (including phenoxy) is 2. The second kappa shape index (κ2) is 5.26. The van der Waals surface area contributed by atoms with Gasteiger partial charge in [-0.1, -0.05) is 0 Å². The molecule has 4 amide bonds. The van der Waals surface area contributed by atoms with E-state index in [1.807, 2.05) is 0 Å². The third-order valence-corrected chi connectivity index (χ3v) is 6.25. The predicted octanol–water partition coefficient (Wildman–Crippen LogP) is 0.912. The molecule has 5 aliphatic rings. The van der Waals surface area contributed by atoms with Crippen molar-refractivity contribution in [1.82, 2.24) is 9.80 Å². The van der Waals surface area contributed by atoms with Gasteiger partial charge in [-0.2, -0.15) is 0 Å². The predicted molar refractivity (Wildman–Crippen MR) is 80.8 cm³/mol. The zero-order valence-electron chi connectivity index (χ0n) is 13.6. The molecular formula is C17H22N2O5. The summed E-state index contributed by atoms with van der Waals surface area (Å²) in [6.45, 7) is 0.647. The summed E-state index contributed by atoms with van der Waals surface area (Å²) in [7, 11) is 0. The molecule has 3 saturated heterocycles. The van der Waals surface area contributed by atoms with E-state index in [1.54, 1.807) is 0 Å². The maximum absolute atomic E-state index is 12.7. The lowest BCUT2D eigenvalue weighted by atomic mass is 9.88. The Hall–Kier alpha value is -1.47. The van der Waals surface area contributed by atoms with Crippen molar-refractivity contribution in [3.63, 3.8) is 0 Å². The third kappa shape index (κ3) is 2.37. The molecule has 3 heterocycles. The summed E-state index contributed by atoms with van der Waals surface area (Å²) < 4.78 is 10.9. The number of imide groups is 2. The van der Waals surface area contributed by atoms with E-state index in [0.717, 1.165) is 25.7 Å². The van der Waals surface area contributed by atoms with Crippen LogP contribution in [0.5, 0.6) is 0 Å². The van der Waals surface area contributed by atoms with E-state index in [2.05, 4.69) is 0 Å². The number of nitrogens with zero attached hydrogens (tertiary/aromatic N) is 2. The highest BCUT2D eigenvalue weighted by atomic mass is 16.6. The van der Waals surface area contributed by atoms with E-state index in [-0.39, 0.29) is 35.9 Å². The quantitative estimate of drug-likeness (QED) is 0.701. The van der Waals surface area contributed by atoms with Crippen LogP contribution >= 0.6 is 0 Å². The maximum Gasteiger partial charge on any atom is 0.333 e. The summed E-state index contributed by atoms with van der Waals surface area (Å²) in [5.74, 6) is -0.525. The average Bonchev–Trinajstić information content (AvgIpc) is 3.49. The highest BCUT2D eigenvalue weighted by Gasteiger charge is 2.50. The van der Waals surface area contributed by atoms with Gasteiger partial charge in [0.15, 0.2) is 0 Å². The van der Waals surface area contributed by atoms with Crippen molar-refractivity contribution in [2.75, 3.05) is 13.1 Å². The van der Waals surface area contributed by atoms with Crippen LogP contribution < -0.4 is 0 Å². The van der Waals surface area contributed by atoms with Gasteiger partial charge in [0.05, 0.1) is 24.4 Å². The van der Waals surface area contributed by atoms with E-state index in [4.69, 9.17) is 9.47 Å². The van der Waals surface area contributed by atoms with Crippen LogP contribution in [0.1, 0.15) is 38.5 Å². The molecule has 24 heavy (non-hydrogen) atoms. The lowest BCUT2D eigenvalue weighted by Gasteiger charge is -2.25. The molecule has 3 aliphatic heterocycles. The molecular weight excluding hydrogens is 312 g/mol. The molecule has 2 aliphatic carbocycles. The minimum Gasteiger partial charge on any atom is -0.370 e. The molecule has 0 aromatic rings. The first-order valence-electron chi connectivity index (χ1n) is 9.09. The topological polar surface area (TPSA) is 82.8 Å². The fraction of sp³-hybridized carbons (Fsp3) is 0.824. The normalized spacial score (nSPS) is 43.2. The smallest absolute Gasteiger partial charge is 0.333 e. The molecule has 0 spiro atoms. The third-order valence-electron chi connectivity index (χ3n) is 6.25. The number of fused-ring (bicyclic) bond motifs is 2. The summed E-state index contributed by atoms with van der Waals surface area (Å²) in [5.41, 5.74) is 0. The molecule has 5 fully saturated rings. The fourth-order valence-electron chi connectivity index (χ4n) is 4.64. The van der Waals surface area contributed by atoms with Crippen LogP contribution in [0.2, 0.25) is 0 Å². The Balaban J connectivity index is 1.22. The lowest BCUT2D eigenvalue weighted by molar-refractivity contribution is -0.133. The SMILES string of the molecule is O=C([C@@H]1CC[C@@H]2O[C@@H]2C1)N1CCN(C(=O)[C@@H]2CC[C@H]3O[C@@H]3C2)C1=O. The van der Waals surface area contributed by atoms with Crippen LogP contribution in [-0.4, -0.2) is 65.2 Å². The minimum atomic E-state index is -0.428. The number of rotatable bonds is 2. The molecule has 7 heteroatoms. The molecule has 7 nitrogen and oxygen atoms in total. The van der Waals surface area contributed by atoms with Crippen LogP contribution in [0.3, 0.4) is 0 Å². The first-order valence-corrected chi connectivity index (χ1v) is 9.09. The second-order valence-electron chi connectivity index (χ2n) is 7.71. The highest BCUT2D eigenvalue weighted by molar-refractivity contribution is 6.04. The van der Waals surface area contributed by atoms with Crippen molar-refractivity contribution in [1.29, 1.82) is 0 Å². The average molecular weight is 334 g/mol. The van der Waals surface area contributed by atoms with Crippen molar-refractivity contribution in [2.45, 2.75) is 62.9 Å². The summed E-state index contributed by atoms with van der Waals surface area (Å²) in [4.78, 5) is 40.5. The van der Waals surface area contributed by atoms with Crippen molar-refractivity contribution in [2.24, 2.45) is 11.8 Å². The van der Waals surface area contributed by atoms with E-state index in [9.17, 15) is 14.4 Å². The van der Waals surface area contributed by atoms with Crippen LogP contribution in [0.4, 0.5) is 4.79 Å². The van der Waals surface area contributed by atoms with Gasteiger partial charge in [0.1, 0.15) is 0 Å². The van der Waals surface area contributed by atoms with E-state index < -0.39 is 6.03 Å². The Labute approximate surface area is 140 Å². The molecule has 0 aromatic heterocycles. The van der Waals surface area contributed by atoms with Crippen LogP contribution in [0, 0.1) is 11.8 Å². The first kappa shape index (κ1) is 14.8. The Morgan fingerprint density at radius 1 is 0.750 bits per heavy atom. The van der Waals surface area contributed by atoms with Gasteiger partial charge in [0.2, 0.25) is 11.8 Å². The van der Waals surface area contributed by atoms with Gasteiger partial charge in [0.25, 0.3) is 0 Å². The molecule has 6 atom stereocenters.